The molecule has 39 heavy (non-hydrogen) atoms. The molecule has 0 aliphatic carbocycles. The topological polar surface area (TPSA) is 73.4 Å². The van der Waals surface area contributed by atoms with Gasteiger partial charge in [-0.1, -0.05) is 66.2 Å². The van der Waals surface area contributed by atoms with Gasteiger partial charge in [0.15, 0.2) is 5.78 Å². The van der Waals surface area contributed by atoms with Gasteiger partial charge in [-0.15, -0.1) is 0 Å². The molecule has 2 atom stereocenters. The van der Waals surface area contributed by atoms with Crippen LogP contribution in [-0.2, 0) is 16.1 Å². The van der Waals surface area contributed by atoms with Crippen LogP contribution in [0.5, 0.6) is 0 Å². The zero-order valence-electron chi connectivity index (χ0n) is 21.0. The summed E-state index contributed by atoms with van der Waals surface area (Å²) in [5.74, 6) is -2.72. The zero-order valence-corrected chi connectivity index (χ0v) is 21.7. The average molecular weight is 561 g/mol. The molecule has 3 aromatic carbocycles. The van der Waals surface area contributed by atoms with Crippen LogP contribution in [0.15, 0.2) is 78.9 Å². The number of carboxylic acids is 1. The number of aliphatic carboxylic acids is 1. The number of nitrogens with zero attached hydrogens (tertiary/aromatic N) is 2. The number of benzene rings is 3. The molecule has 0 aromatic heterocycles. The normalized spacial score (nSPS) is 18.5. The molecule has 2 aliphatic heterocycles. The number of ether oxygens (including phenoxy) is 1. The number of hydrogen-bond acceptors (Lipinski definition) is 5. The second-order valence-electron chi connectivity index (χ2n) is 9.34. The second-order valence-corrected chi connectivity index (χ2v) is 9.78. The minimum atomic E-state index is -5.08. The van der Waals surface area contributed by atoms with E-state index in [1.165, 1.54) is 5.56 Å². The summed E-state index contributed by atoms with van der Waals surface area (Å²) < 4.78 is 37.5. The van der Waals surface area contributed by atoms with Crippen molar-refractivity contribution >= 4 is 23.4 Å². The fourth-order valence-electron chi connectivity index (χ4n) is 4.63. The minimum absolute atomic E-state index is 0.0330. The average Bonchev–Trinajstić information content (AvgIpc) is 3.76. The predicted octanol–water partition coefficient (Wildman–Crippen LogP) is 5.46. The van der Waals surface area contributed by atoms with Gasteiger partial charge < -0.3 is 9.84 Å². The summed E-state index contributed by atoms with van der Waals surface area (Å²) in [6.07, 6.45) is -4.94. The van der Waals surface area contributed by atoms with Crippen molar-refractivity contribution < 1.29 is 32.6 Å². The van der Waals surface area contributed by atoms with Crippen molar-refractivity contribution in [3.05, 3.63) is 106 Å². The van der Waals surface area contributed by atoms with E-state index in [-0.39, 0.29) is 17.9 Å². The number of hydrogen-bond donors (Lipinski definition) is 1. The van der Waals surface area contributed by atoms with E-state index in [0.717, 1.165) is 50.5 Å². The number of halogens is 4. The van der Waals surface area contributed by atoms with E-state index in [0.29, 0.717) is 10.6 Å². The number of carboxylic acid groups (broad SMARTS) is 1. The maximum Gasteiger partial charge on any atom is 0.490 e. The largest absolute Gasteiger partial charge is 0.490 e. The number of piperazine rings is 1. The van der Waals surface area contributed by atoms with Gasteiger partial charge in [0, 0.05) is 48.9 Å². The van der Waals surface area contributed by atoms with E-state index in [1.807, 2.05) is 18.2 Å². The summed E-state index contributed by atoms with van der Waals surface area (Å²) in [6, 6.07) is 25.8. The fraction of sp³-hybridized carbons (Fsp3) is 0.310. The van der Waals surface area contributed by atoms with Crippen molar-refractivity contribution in [2.45, 2.75) is 24.9 Å². The monoisotopic (exact) mass is 560 g/mol. The summed E-state index contributed by atoms with van der Waals surface area (Å²) in [5, 5.41) is 7.76. The van der Waals surface area contributed by atoms with E-state index in [9.17, 15) is 18.0 Å². The van der Waals surface area contributed by atoms with Crippen LogP contribution < -0.4 is 0 Å². The highest BCUT2D eigenvalue weighted by Crippen LogP contribution is 2.36. The van der Waals surface area contributed by atoms with Gasteiger partial charge in [0.05, 0.1) is 12.6 Å². The third kappa shape index (κ3) is 7.89. The zero-order chi connectivity index (χ0) is 28.0. The van der Waals surface area contributed by atoms with Crippen molar-refractivity contribution in [1.82, 2.24) is 9.80 Å². The number of carbonyl (C=O) groups excluding carboxylic acids is 1. The van der Waals surface area contributed by atoms with Crippen LogP contribution in [0.25, 0.3) is 0 Å². The highest BCUT2D eigenvalue weighted by Gasteiger charge is 2.40. The van der Waals surface area contributed by atoms with Gasteiger partial charge in [0.25, 0.3) is 0 Å². The fourth-order valence-corrected chi connectivity index (χ4v) is 4.76. The van der Waals surface area contributed by atoms with Crippen molar-refractivity contribution in [3.8, 4) is 0 Å². The molecule has 2 unspecified atom stereocenters. The highest BCUT2D eigenvalue weighted by atomic mass is 35.5. The highest BCUT2D eigenvalue weighted by molar-refractivity contribution is 6.30. The lowest BCUT2D eigenvalue weighted by Crippen LogP contribution is -2.48. The molecule has 1 N–H and O–H groups in total. The molecule has 2 fully saturated rings. The summed E-state index contributed by atoms with van der Waals surface area (Å²) >= 11 is 6.02. The van der Waals surface area contributed by atoms with Crippen LogP contribution >= 0.6 is 11.6 Å². The van der Waals surface area contributed by atoms with E-state index >= 15 is 0 Å². The number of ketones is 1. The predicted molar refractivity (Wildman–Crippen MR) is 141 cm³/mol. The van der Waals surface area contributed by atoms with Crippen LogP contribution in [0.4, 0.5) is 13.2 Å². The lowest BCUT2D eigenvalue weighted by molar-refractivity contribution is -0.192. The van der Waals surface area contributed by atoms with Gasteiger partial charge in [-0.25, -0.2) is 4.79 Å². The minimum Gasteiger partial charge on any atom is -0.475 e. The molecule has 0 saturated carbocycles. The Morgan fingerprint density at radius 2 is 1.49 bits per heavy atom. The maximum absolute atomic E-state index is 13.4. The van der Waals surface area contributed by atoms with E-state index in [4.69, 9.17) is 26.2 Å². The Hall–Kier alpha value is -3.24. The lowest BCUT2D eigenvalue weighted by Gasteiger charge is -2.39. The first-order valence-corrected chi connectivity index (χ1v) is 12.8. The molecule has 3 aromatic rings. The summed E-state index contributed by atoms with van der Waals surface area (Å²) in [4.78, 5) is 27.2. The smallest absolute Gasteiger partial charge is 0.475 e. The van der Waals surface area contributed by atoms with E-state index < -0.39 is 12.1 Å². The molecule has 0 amide bonds. The van der Waals surface area contributed by atoms with Crippen molar-refractivity contribution in [2.24, 2.45) is 0 Å². The molecule has 0 radical (unpaired) electrons. The Morgan fingerprint density at radius 1 is 0.923 bits per heavy atom. The first-order chi connectivity index (χ1) is 18.6. The van der Waals surface area contributed by atoms with Crippen molar-refractivity contribution in [1.29, 1.82) is 0 Å². The lowest BCUT2D eigenvalue weighted by atomic mass is 9.91. The van der Waals surface area contributed by atoms with Gasteiger partial charge in [-0.05, 0) is 35.4 Å². The molecule has 2 heterocycles. The molecule has 10 heteroatoms. The Morgan fingerprint density at radius 3 is 2.05 bits per heavy atom. The SMILES string of the molecule is O=C(O)C(F)(F)F.O=C(c1ccc(Cl)cc1)c1ccccc1C(C1CO1)N1CCN(Cc2ccccc2)CC1. The van der Waals surface area contributed by atoms with Crippen LogP contribution in [-0.4, -0.2) is 71.7 Å². The van der Waals surface area contributed by atoms with Gasteiger partial charge in [-0.2, -0.15) is 13.2 Å². The van der Waals surface area contributed by atoms with E-state index in [2.05, 4.69) is 46.2 Å². The van der Waals surface area contributed by atoms with Crippen LogP contribution in [0.3, 0.4) is 0 Å². The number of alkyl halides is 3. The molecule has 0 spiro atoms. The molecule has 206 valence electrons. The summed E-state index contributed by atoms with van der Waals surface area (Å²) in [5.41, 5.74) is 3.82. The van der Waals surface area contributed by atoms with Gasteiger partial charge in [0.2, 0.25) is 0 Å². The number of epoxide rings is 1. The molecule has 0 bridgehead atoms. The van der Waals surface area contributed by atoms with Crippen molar-refractivity contribution in [3.63, 3.8) is 0 Å². The third-order valence-corrected chi connectivity index (χ3v) is 6.89. The summed E-state index contributed by atoms with van der Waals surface area (Å²) in [7, 11) is 0. The van der Waals surface area contributed by atoms with Crippen LogP contribution in [0, 0.1) is 0 Å². The Bertz CT molecular complexity index is 1260. The summed E-state index contributed by atoms with van der Waals surface area (Å²) in [6.45, 7) is 5.65. The first-order valence-electron chi connectivity index (χ1n) is 12.4. The van der Waals surface area contributed by atoms with E-state index in [1.54, 1.807) is 24.3 Å². The quantitative estimate of drug-likeness (QED) is 0.305. The molecule has 2 aliphatic rings. The standard InChI is InChI=1S/C27H27ClN2O2.C2HF3O2/c28-22-12-10-21(11-13-22)27(31)24-9-5-4-8-23(24)26(25-19-32-25)30-16-14-29(15-17-30)18-20-6-2-1-3-7-20;3-2(4,5)1(6)7/h1-13,25-26H,14-19H2;(H,6,7). The molecular formula is C29H28ClF3N2O4. The number of rotatable bonds is 7. The number of carbonyl (C=O) groups is 2. The van der Waals surface area contributed by atoms with Crippen LogP contribution in [0.2, 0.25) is 5.02 Å². The van der Waals surface area contributed by atoms with Gasteiger partial charge in [-0.3, -0.25) is 14.6 Å². The maximum atomic E-state index is 13.4. The van der Waals surface area contributed by atoms with Gasteiger partial charge in [0.1, 0.15) is 6.10 Å². The first kappa shape index (κ1) is 28.8. The Balaban J connectivity index is 0.000000448. The molecular weight excluding hydrogens is 533 g/mol. The second kappa shape index (κ2) is 12.7. The van der Waals surface area contributed by atoms with Crippen molar-refractivity contribution in [2.75, 3.05) is 32.8 Å². The Kier molecular flexibility index (Phi) is 9.40. The molecule has 2 saturated heterocycles. The van der Waals surface area contributed by atoms with Gasteiger partial charge >= 0.3 is 12.1 Å². The molecule has 6 nitrogen and oxygen atoms in total. The third-order valence-electron chi connectivity index (χ3n) is 6.63. The Labute approximate surface area is 229 Å². The molecule has 5 rings (SSSR count). The van der Waals surface area contributed by atoms with Crippen LogP contribution in [0.1, 0.15) is 33.1 Å².